The molecule has 1 aromatic carbocycles. The average molecular weight is 571 g/mol. The van der Waals surface area contributed by atoms with E-state index in [2.05, 4.69) is 20.4 Å². The first kappa shape index (κ1) is 27.1. The molecule has 1 unspecified atom stereocenters. The van der Waals surface area contributed by atoms with Crippen molar-refractivity contribution in [1.29, 1.82) is 0 Å². The number of aliphatic hydroxyl groups excluding tert-OH is 1. The average Bonchev–Trinajstić information content (AvgIpc) is 3.38. The van der Waals surface area contributed by atoms with Crippen molar-refractivity contribution >= 4 is 17.5 Å². The van der Waals surface area contributed by atoms with E-state index in [1.54, 1.807) is 0 Å². The molecule has 2 N–H and O–H groups in total. The van der Waals surface area contributed by atoms with E-state index in [0.717, 1.165) is 24.4 Å². The van der Waals surface area contributed by atoms with Crippen LogP contribution in [0.2, 0.25) is 5.02 Å². The van der Waals surface area contributed by atoms with Crippen LogP contribution in [0.3, 0.4) is 0 Å². The number of aliphatic hydroxyl groups is 1. The molecule has 6 rings (SSSR count). The number of benzene rings is 1. The minimum absolute atomic E-state index is 0.0510. The molecule has 0 aliphatic heterocycles. The number of carbonyl (C=O) groups excluding carboxylic acids is 1. The van der Waals surface area contributed by atoms with Crippen molar-refractivity contribution in [2.45, 2.75) is 61.9 Å². The second kappa shape index (κ2) is 10.3. The normalized spacial score (nSPS) is 24.4. The highest BCUT2D eigenvalue weighted by Gasteiger charge is 2.58. The number of nitrogens with zero attached hydrogens (tertiary/aromatic N) is 3. The summed E-state index contributed by atoms with van der Waals surface area (Å²) in [6.45, 7) is -0.494. The van der Waals surface area contributed by atoms with Crippen molar-refractivity contribution in [3.05, 3.63) is 64.8 Å². The first-order valence-electron chi connectivity index (χ1n) is 12.0. The number of alkyl halides is 3. The number of hydrogen-bond donors (Lipinski definition) is 2. The van der Waals surface area contributed by atoms with E-state index < -0.39 is 40.7 Å². The number of halogens is 5. The van der Waals surface area contributed by atoms with E-state index in [-0.39, 0.29) is 47.9 Å². The van der Waals surface area contributed by atoms with Crippen LogP contribution in [-0.2, 0) is 23.0 Å². The molecule has 3 aliphatic carbocycles. The van der Waals surface area contributed by atoms with Gasteiger partial charge in [0.2, 0.25) is 11.7 Å². The lowest BCUT2D eigenvalue weighted by Gasteiger charge is -2.54. The monoisotopic (exact) mass is 570 g/mol. The number of nitrogens with one attached hydrogen (secondary N) is 1. The predicted octanol–water partition coefficient (Wildman–Crippen LogP) is 4.37. The van der Waals surface area contributed by atoms with E-state index in [0.29, 0.717) is 25.7 Å². The number of amides is 1. The molecule has 14 heteroatoms. The Kier molecular flexibility index (Phi) is 7.14. The fourth-order valence-corrected chi connectivity index (χ4v) is 5.27. The van der Waals surface area contributed by atoms with Gasteiger partial charge >= 0.3 is 6.18 Å². The molecular weight excluding hydrogens is 548 g/mol. The lowest BCUT2D eigenvalue weighted by atomic mass is 9.55. The molecule has 2 aromatic heterocycles. The van der Waals surface area contributed by atoms with Gasteiger partial charge in [0.15, 0.2) is 13.2 Å². The Morgan fingerprint density at radius 2 is 1.90 bits per heavy atom. The van der Waals surface area contributed by atoms with Crippen LogP contribution in [-0.4, -0.2) is 44.4 Å². The molecule has 3 aromatic rings. The quantitative estimate of drug-likeness (QED) is 0.383. The third kappa shape index (κ3) is 5.64. The standard InChI is InChI=1S/C25H23ClF4N4O5/c26-16-3-1-14(9-17(16)27)38-13-21(36)33-23-5-7-24(8-6-23,19(35)10-23)22-32-20(34-39-22)12-37-15-2-4-18(31-11-15)25(28,29)30/h1-4,9,11,19,35H,5-8,10,12-13H2,(H,33,36). The van der Waals surface area contributed by atoms with Crippen LogP contribution < -0.4 is 14.8 Å². The zero-order chi connectivity index (χ0) is 27.8. The van der Waals surface area contributed by atoms with Gasteiger partial charge < -0.3 is 24.4 Å². The number of ether oxygens (including phenoxy) is 2. The fraction of sp³-hybridized carbons (Fsp3) is 0.440. The minimum atomic E-state index is -4.55. The molecule has 39 heavy (non-hydrogen) atoms. The Morgan fingerprint density at radius 1 is 1.15 bits per heavy atom. The Bertz CT molecular complexity index is 1340. The number of aromatic nitrogens is 3. The summed E-state index contributed by atoms with van der Waals surface area (Å²) in [6, 6.07) is 5.85. The number of fused-ring (bicyclic) bond motifs is 3. The molecule has 3 aliphatic rings. The molecule has 9 nitrogen and oxygen atoms in total. The molecule has 2 heterocycles. The first-order valence-corrected chi connectivity index (χ1v) is 12.4. The number of rotatable bonds is 8. The van der Waals surface area contributed by atoms with Crippen molar-refractivity contribution in [1.82, 2.24) is 20.4 Å². The van der Waals surface area contributed by atoms with Gasteiger partial charge in [-0.3, -0.25) is 4.79 Å². The maximum atomic E-state index is 13.6. The summed E-state index contributed by atoms with van der Waals surface area (Å²) in [7, 11) is 0. The lowest BCUT2D eigenvalue weighted by molar-refractivity contribution is -0.141. The number of carbonyl (C=O) groups is 1. The highest BCUT2D eigenvalue weighted by Crippen LogP contribution is 2.53. The molecule has 3 fully saturated rings. The number of pyridine rings is 1. The maximum Gasteiger partial charge on any atom is 0.433 e. The molecule has 1 atom stereocenters. The van der Waals surface area contributed by atoms with E-state index >= 15 is 0 Å². The van der Waals surface area contributed by atoms with Crippen LogP contribution in [0.15, 0.2) is 41.1 Å². The van der Waals surface area contributed by atoms with Gasteiger partial charge in [-0.1, -0.05) is 16.8 Å². The summed E-state index contributed by atoms with van der Waals surface area (Å²) in [6.07, 6.45) is -2.14. The first-order chi connectivity index (χ1) is 18.5. The van der Waals surface area contributed by atoms with Gasteiger partial charge in [-0.15, -0.1) is 0 Å². The van der Waals surface area contributed by atoms with Gasteiger partial charge in [0.05, 0.1) is 22.7 Å². The Balaban J connectivity index is 1.16. The Hall–Kier alpha value is -3.45. The van der Waals surface area contributed by atoms with Crippen LogP contribution in [0.25, 0.3) is 0 Å². The van der Waals surface area contributed by atoms with E-state index in [4.69, 9.17) is 25.6 Å². The second-order valence-corrected chi connectivity index (χ2v) is 10.2. The van der Waals surface area contributed by atoms with Gasteiger partial charge in [0, 0.05) is 11.6 Å². The van der Waals surface area contributed by atoms with Crippen molar-refractivity contribution in [2.75, 3.05) is 6.61 Å². The molecule has 0 saturated heterocycles. The van der Waals surface area contributed by atoms with Crippen molar-refractivity contribution in [3.8, 4) is 11.5 Å². The molecule has 208 valence electrons. The Labute approximate surface area is 224 Å². The van der Waals surface area contributed by atoms with Gasteiger partial charge in [-0.25, -0.2) is 9.37 Å². The van der Waals surface area contributed by atoms with Gasteiger partial charge in [-0.05, 0) is 56.4 Å². The highest BCUT2D eigenvalue weighted by molar-refractivity contribution is 6.30. The van der Waals surface area contributed by atoms with Crippen LogP contribution in [0.4, 0.5) is 17.6 Å². The zero-order valence-electron chi connectivity index (χ0n) is 20.3. The summed E-state index contributed by atoms with van der Waals surface area (Å²) in [5.41, 5.74) is -2.45. The fourth-order valence-electron chi connectivity index (χ4n) is 5.15. The summed E-state index contributed by atoms with van der Waals surface area (Å²) < 4.78 is 67.8. The van der Waals surface area contributed by atoms with Gasteiger partial charge in [0.25, 0.3) is 5.91 Å². The van der Waals surface area contributed by atoms with E-state index in [1.807, 2.05) is 0 Å². The summed E-state index contributed by atoms with van der Waals surface area (Å²) in [5.74, 6) is -0.374. The lowest BCUT2D eigenvalue weighted by Crippen LogP contribution is -2.64. The van der Waals surface area contributed by atoms with Crippen LogP contribution in [0.5, 0.6) is 11.5 Å². The molecule has 2 bridgehead atoms. The van der Waals surface area contributed by atoms with Crippen LogP contribution in [0.1, 0.15) is 49.5 Å². The van der Waals surface area contributed by atoms with Crippen molar-refractivity contribution in [3.63, 3.8) is 0 Å². The number of hydrogen-bond acceptors (Lipinski definition) is 8. The second-order valence-electron chi connectivity index (χ2n) is 9.75. The smallest absolute Gasteiger partial charge is 0.433 e. The van der Waals surface area contributed by atoms with E-state index in [9.17, 15) is 27.5 Å². The summed E-state index contributed by atoms with van der Waals surface area (Å²) in [5, 5.41) is 17.9. The largest absolute Gasteiger partial charge is 0.484 e. The molecule has 1 amide bonds. The highest BCUT2D eigenvalue weighted by atomic mass is 35.5. The maximum absolute atomic E-state index is 13.6. The van der Waals surface area contributed by atoms with E-state index in [1.165, 1.54) is 12.1 Å². The minimum Gasteiger partial charge on any atom is -0.484 e. The van der Waals surface area contributed by atoms with Crippen LogP contribution in [0, 0.1) is 5.82 Å². The third-order valence-corrected chi connectivity index (χ3v) is 7.58. The topological polar surface area (TPSA) is 120 Å². The zero-order valence-corrected chi connectivity index (χ0v) is 21.1. The van der Waals surface area contributed by atoms with Crippen molar-refractivity contribution in [2.24, 2.45) is 0 Å². The van der Waals surface area contributed by atoms with Crippen molar-refractivity contribution < 1.29 is 41.5 Å². The SMILES string of the molecule is O=C(COc1ccc(Cl)c(F)c1)NC12CCC(c3nc(COc4ccc(C(F)(F)F)nc4)no3)(CC1)C(O)C2. The van der Waals surface area contributed by atoms with Gasteiger partial charge in [-0.2, -0.15) is 18.2 Å². The van der Waals surface area contributed by atoms with Crippen LogP contribution >= 0.6 is 11.6 Å². The molecule has 3 saturated carbocycles. The molecular formula is C25H23ClF4N4O5. The van der Waals surface area contributed by atoms with Gasteiger partial charge in [0.1, 0.15) is 23.0 Å². The molecule has 0 radical (unpaired) electrons. The Morgan fingerprint density at radius 3 is 2.54 bits per heavy atom. The third-order valence-electron chi connectivity index (χ3n) is 7.28. The summed E-state index contributed by atoms with van der Waals surface area (Å²) in [4.78, 5) is 20.3. The summed E-state index contributed by atoms with van der Waals surface area (Å²) >= 11 is 5.65. The predicted molar refractivity (Wildman–Crippen MR) is 126 cm³/mol. The molecule has 0 spiro atoms.